The Kier molecular flexibility index (Phi) is 5.89. The van der Waals surface area contributed by atoms with E-state index in [0.717, 1.165) is 12.8 Å². The van der Waals surface area contributed by atoms with Crippen LogP contribution in [-0.2, 0) is 6.54 Å². The standard InChI is InChI=1S/C21H26FN5O2/c1-14(2)29-18-11-25-20(26-8-4-7-21(3,24)13-26)27(19(18)28)12-16-9-17(22)6-5-15(16)10-23/h5-6,9,11,14H,4,7-8,12-13,24H2,1-3H3. The van der Waals surface area contributed by atoms with Crippen molar-refractivity contribution in [2.45, 2.75) is 51.8 Å². The Morgan fingerprint density at radius 2 is 2.21 bits per heavy atom. The molecule has 29 heavy (non-hydrogen) atoms. The predicted molar refractivity (Wildman–Crippen MR) is 109 cm³/mol. The fraction of sp³-hybridized carbons (Fsp3) is 0.476. The number of piperidine rings is 1. The lowest BCUT2D eigenvalue weighted by molar-refractivity contribution is 0.236. The Morgan fingerprint density at radius 1 is 1.45 bits per heavy atom. The summed E-state index contributed by atoms with van der Waals surface area (Å²) in [5.74, 6) is 0.0884. The van der Waals surface area contributed by atoms with Gasteiger partial charge in [-0.05, 0) is 57.4 Å². The second kappa shape index (κ2) is 8.21. The summed E-state index contributed by atoms with van der Waals surface area (Å²) in [4.78, 5) is 19.6. The summed E-state index contributed by atoms with van der Waals surface area (Å²) in [6, 6.07) is 5.97. The highest BCUT2D eigenvalue weighted by molar-refractivity contribution is 5.41. The van der Waals surface area contributed by atoms with Crippen LogP contribution in [0, 0.1) is 17.1 Å². The molecule has 7 nitrogen and oxygen atoms in total. The second-order valence-corrected chi connectivity index (χ2v) is 8.07. The molecule has 1 unspecified atom stereocenters. The van der Waals surface area contributed by atoms with E-state index in [4.69, 9.17) is 10.5 Å². The summed E-state index contributed by atoms with van der Waals surface area (Å²) in [5, 5.41) is 9.39. The first kappa shape index (κ1) is 20.8. The van der Waals surface area contributed by atoms with Crippen molar-refractivity contribution in [3.8, 4) is 11.8 Å². The molecule has 0 aliphatic carbocycles. The molecule has 0 bridgehead atoms. The minimum absolute atomic E-state index is 0.00883. The molecule has 1 saturated heterocycles. The molecule has 1 aliphatic heterocycles. The molecule has 1 fully saturated rings. The van der Waals surface area contributed by atoms with E-state index in [1.807, 2.05) is 25.7 Å². The molecular formula is C21H26FN5O2. The Morgan fingerprint density at radius 3 is 2.86 bits per heavy atom. The molecule has 1 aromatic carbocycles. The van der Waals surface area contributed by atoms with E-state index in [2.05, 4.69) is 11.1 Å². The highest BCUT2D eigenvalue weighted by Crippen LogP contribution is 2.24. The van der Waals surface area contributed by atoms with Crippen molar-refractivity contribution in [3.63, 3.8) is 0 Å². The lowest BCUT2D eigenvalue weighted by Gasteiger charge is -2.39. The van der Waals surface area contributed by atoms with Crippen LogP contribution in [0.4, 0.5) is 10.3 Å². The largest absolute Gasteiger partial charge is 0.484 e. The van der Waals surface area contributed by atoms with Crippen LogP contribution in [0.5, 0.6) is 5.75 Å². The summed E-state index contributed by atoms with van der Waals surface area (Å²) >= 11 is 0. The van der Waals surface area contributed by atoms with Gasteiger partial charge in [-0.3, -0.25) is 9.36 Å². The number of nitrogens with two attached hydrogens (primary N) is 1. The molecule has 0 saturated carbocycles. The number of ether oxygens (including phenoxy) is 1. The second-order valence-electron chi connectivity index (χ2n) is 8.07. The van der Waals surface area contributed by atoms with Crippen molar-refractivity contribution in [1.82, 2.24) is 9.55 Å². The van der Waals surface area contributed by atoms with Crippen LogP contribution in [0.2, 0.25) is 0 Å². The number of aromatic nitrogens is 2. The molecule has 2 N–H and O–H groups in total. The molecule has 1 aromatic heterocycles. The van der Waals surface area contributed by atoms with Crippen molar-refractivity contribution in [2.75, 3.05) is 18.0 Å². The summed E-state index contributed by atoms with van der Waals surface area (Å²) in [5.41, 5.74) is 6.28. The normalized spacial score (nSPS) is 19.3. The first-order chi connectivity index (χ1) is 13.7. The van der Waals surface area contributed by atoms with E-state index in [-0.39, 0.29) is 24.0 Å². The Bertz CT molecular complexity index is 994. The zero-order valence-corrected chi connectivity index (χ0v) is 17.0. The maximum atomic E-state index is 13.8. The zero-order valence-electron chi connectivity index (χ0n) is 17.0. The number of nitrogens with zero attached hydrogens (tertiary/aromatic N) is 4. The molecule has 154 valence electrons. The SMILES string of the molecule is CC(C)Oc1cnc(N2CCCC(C)(N)C2)n(Cc2cc(F)ccc2C#N)c1=O. The van der Waals surface area contributed by atoms with Crippen LogP contribution in [0.1, 0.15) is 44.7 Å². The first-order valence-electron chi connectivity index (χ1n) is 9.69. The maximum Gasteiger partial charge on any atom is 0.297 e. The average Bonchev–Trinajstić information content (AvgIpc) is 2.64. The summed E-state index contributed by atoms with van der Waals surface area (Å²) < 4.78 is 20.9. The van der Waals surface area contributed by atoms with Gasteiger partial charge in [0.1, 0.15) is 5.82 Å². The van der Waals surface area contributed by atoms with Gasteiger partial charge in [0.15, 0.2) is 0 Å². The van der Waals surface area contributed by atoms with E-state index in [1.54, 1.807) is 0 Å². The minimum Gasteiger partial charge on any atom is -0.484 e. The predicted octanol–water partition coefficient (Wildman–Crippen LogP) is 2.41. The smallest absolute Gasteiger partial charge is 0.297 e. The Balaban J connectivity index is 2.10. The summed E-state index contributed by atoms with van der Waals surface area (Å²) in [7, 11) is 0. The van der Waals surface area contributed by atoms with Gasteiger partial charge in [-0.1, -0.05) is 0 Å². The quantitative estimate of drug-likeness (QED) is 0.829. The van der Waals surface area contributed by atoms with Crippen LogP contribution in [0.3, 0.4) is 0 Å². The van der Waals surface area contributed by atoms with Crippen molar-refractivity contribution >= 4 is 5.95 Å². The molecule has 0 radical (unpaired) electrons. The molecule has 1 atom stereocenters. The molecular weight excluding hydrogens is 373 g/mol. The number of hydrogen-bond acceptors (Lipinski definition) is 6. The first-order valence-corrected chi connectivity index (χ1v) is 9.69. The number of benzene rings is 1. The molecule has 2 heterocycles. The van der Waals surface area contributed by atoms with Gasteiger partial charge in [-0.15, -0.1) is 0 Å². The third-order valence-corrected chi connectivity index (χ3v) is 4.88. The van der Waals surface area contributed by atoms with Crippen molar-refractivity contribution in [3.05, 3.63) is 51.7 Å². The number of anilines is 1. The van der Waals surface area contributed by atoms with Gasteiger partial charge in [0.2, 0.25) is 11.7 Å². The Hall–Kier alpha value is -2.92. The third-order valence-electron chi connectivity index (χ3n) is 4.88. The molecule has 0 amide bonds. The lowest BCUT2D eigenvalue weighted by Crippen LogP contribution is -2.53. The highest BCUT2D eigenvalue weighted by Gasteiger charge is 2.30. The maximum absolute atomic E-state index is 13.8. The van der Waals surface area contributed by atoms with Gasteiger partial charge >= 0.3 is 0 Å². The van der Waals surface area contributed by atoms with Gasteiger partial charge in [0.25, 0.3) is 5.56 Å². The van der Waals surface area contributed by atoms with Gasteiger partial charge < -0.3 is 15.4 Å². The van der Waals surface area contributed by atoms with Crippen LogP contribution in [0.25, 0.3) is 0 Å². The highest BCUT2D eigenvalue weighted by atomic mass is 19.1. The van der Waals surface area contributed by atoms with Crippen molar-refractivity contribution in [1.29, 1.82) is 5.26 Å². The van der Waals surface area contributed by atoms with E-state index >= 15 is 0 Å². The topological polar surface area (TPSA) is 97.2 Å². The van der Waals surface area contributed by atoms with E-state index in [1.165, 1.54) is 29.0 Å². The van der Waals surface area contributed by atoms with Crippen LogP contribution in [-0.4, -0.2) is 34.3 Å². The van der Waals surface area contributed by atoms with Crippen molar-refractivity contribution < 1.29 is 9.13 Å². The summed E-state index contributed by atoms with van der Waals surface area (Å²) in [6.07, 6.45) is 2.98. The van der Waals surface area contributed by atoms with Gasteiger partial charge in [-0.2, -0.15) is 5.26 Å². The lowest BCUT2D eigenvalue weighted by atomic mass is 9.93. The van der Waals surface area contributed by atoms with Gasteiger partial charge in [0, 0.05) is 18.6 Å². The average molecular weight is 399 g/mol. The van der Waals surface area contributed by atoms with Crippen LogP contribution < -0.4 is 20.9 Å². The zero-order chi connectivity index (χ0) is 21.2. The van der Waals surface area contributed by atoms with Crippen LogP contribution in [0.15, 0.2) is 29.2 Å². The molecule has 3 rings (SSSR count). The molecule has 1 aliphatic rings. The fourth-order valence-electron chi connectivity index (χ4n) is 3.61. The molecule has 8 heteroatoms. The molecule has 0 spiro atoms. The minimum atomic E-state index is -0.469. The number of halogens is 1. The van der Waals surface area contributed by atoms with Crippen LogP contribution >= 0.6 is 0 Å². The van der Waals surface area contributed by atoms with Gasteiger partial charge in [0.05, 0.1) is 30.5 Å². The monoisotopic (exact) mass is 399 g/mol. The number of hydrogen-bond donors (Lipinski definition) is 1. The number of rotatable bonds is 5. The van der Waals surface area contributed by atoms with E-state index in [9.17, 15) is 14.4 Å². The Labute approximate surface area is 169 Å². The van der Waals surface area contributed by atoms with E-state index < -0.39 is 11.4 Å². The third kappa shape index (κ3) is 4.74. The molecule has 2 aromatic rings. The fourth-order valence-corrected chi connectivity index (χ4v) is 3.61. The van der Waals surface area contributed by atoms with Crippen molar-refractivity contribution in [2.24, 2.45) is 5.73 Å². The summed E-state index contributed by atoms with van der Waals surface area (Å²) in [6.45, 7) is 6.87. The number of nitriles is 1. The van der Waals surface area contributed by atoms with E-state index in [0.29, 0.717) is 30.2 Å². The van der Waals surface area contributed by atoms with Gasteiger partial charge in [-0.25, -0.2) is 9.37 Å².